The van der Waals surface area contributed by atoms with Gasteiger partial charge in [0, 0.05) is 12.7 Å². The van der Waals surface area contributed by atoms with E-state index in [0.717, 1.165) is 11.2 Å². The van der Waals surface area contributed by atoms with Gasteiger partial charge in [-0.25, -0.2) is 4.98 Å². The van der Waals surface area contributed by atoms with Gasteiger partial charge in [0.1, 0.15) is 0 Å². The molecule has 12 heavy (non-hydrogen) atoms. The van der Waals surface area contributed by atoms with Gasteiger partial charge in [-0.3, -0.25) is 0 Å². The number of aromatic nitrogens is 2. The van der Waals surface area contributed by atoms with Crippen molar-refractivity contribution in [3.05, 3.63) is 35.9 Å². The third-order valence-corrected chi connectivity index (χ3v) is 1.97. The van der Waals surface area contributed by atoms with E-state index < -0.39 is 0 Å². The Hall–Kier alpha value is -1.35. The molecule has 0 atom stereocenters. The van der Waals surface area contributed by atoms with Gasteiger partial charge in [-0.2, -0.15) is 0 Å². The highest BCUT2D eigenvalue weighted by atomic mass is 15.0. The summed E-state index contributed by atoms with van der Waals surface area (Å²) in [4.78, 5) is 4.19. The molecule has 0 saturated carbocycles. The molecular formula is C9H11N3. The Balaban J connectivity index is 2.75. The normalized spacial score (nSPS) is 10.8. The average molecular weight is 161 g/mol. The molecule has 2 N–H and O–H groups in total. The van der Waals surface area contributed by atoms with E-state index in [1.54, 1.807) is 6.33 Å². The van der Waals surface area contributed by atoms with Crippen molar-refractivity contribution in [2.24, 2.45) is 5.73 Å². The molecule has 0 unspecified atom stereocenters. The second-order valence-corrected chi connectivity index (χ2v) is 2.89. The minimum atomic E-state index is 0.500. The summed E-state index contributed by atoms with van der Waals surface area (Å²) in [5.74, 6) is 0. The molecule has 0 radical (unpaired) electrons. The van der Waals surface area contributed by atoms with Crippen LogP contribution in [-0.4, -0.2) is 9.38 Å². The van der Waals surface area contributed by atoms with Crippen molar-refractivity contribution >= 4 is 5.52 Å². The first-order valence-electron chi connectivity index (χ1n) is 3.93. The molecule has 62 valence electrons. The Bertz CT molecular complexity index is 403. The summed E-state index contributed by atoms with van der Waals surface area (Å²) in [6, 6.07) is 4.14. The lowest BCUT2D eigenvalue weighted by molar-refractivity contribution is 1.02. The van der Waals surface area contributed by atoms with Crippen molar-refractivity contribution in [1.29, 1.82) is 0 Å². The number of nitrogens with zero attached hydrogens (tertiary/aromatic N) is 2. The van der Waals surface area contributed by atoms with E-state index in [-0.39, 0.29) is 0 Å². The van der Waals surface area contributed by atoms with Crippen LogP contribution in [0, 0.1) is 6.92 Å². The Labute approximate surface area is 70.8 Å². The first kappa shape index (κ1) is 7.31. The highest BCUT2D eigenvalue weighted by Crippen LogP contribution is 2.10. The lowest BCUT2D eigenvalue weighted by Crippen LogP contribution is -1.97. The Kier molecular flexibility index (Phi) is 1.59. The van der Waals surface area contributed by atoms with Crippen molar-refractivity contribution in [1.82, 2.24) is 9.38 Å². The van der Waals surface area contributed by atoms with Crippen molar-refractivity contribution < 1.29 is 0 Å². The predicted octanol–water partition coefficient (Wildman–Crippen LogP) is 1.10. The zero-order valence-electron chi connectivity index (χ0n) is 6.99. The Morgan fingerprint density at radius 1 is 1.58 bits per heavy atom. The third-order valence-electron chi connectivity index (χ3n) is 1.97. The molecule has 0 aliphatic heterocycles. The number of hydrogen-bond donors (Lipinski definition) is 1. The van der Waals surface area contributed by atoms with Crippen LogP contribution in [0.15, 0.2) is 24.7 Å². The van der Waals surface area contributed by atoms with Crippen LogP contribution in [0.25, 0.3) is 5.52 Å². The molecule has 0 aromatic carbocycles. The molecule has 2 heterocycles. The second-order valence-electron chi connectivity index (χ2n) is 2.89. The number of aryl methyl sites for hydroxylation is 1. The van der Waals surface area contributed by atoms with E-state index in [0.29, 0.717) is 6.54 Å². The third kappa shape index (κ3) is 0.987. The number of pyridine rings is 1. The molecule has 0 amide bonds. The average Bonchev–Trinajstić information content (AvgIpc) is 2.46. The van der Waals surface area contributed by atoms with Gasteiger partial charge in [-0.1, -0.05) is 0 Å². The van der Waals surface area contributed by atoms with E-state index in [9.17, 15) is 0 Å². The molecule has 2 aromatic heterocycles. The van der Waals surface area contributed by atoms with Crippen LogP contribution >= 0.6 is 0 Å². The van der Waals surface area contributed by atoms with E-state index in [4.69, 9.17) is 5.73 Å². The fourth-order valence-corrected chi connectivity index (χ4v) is 1.30. The topological polar surface area (TPSA) is 43.3 Å². The Morgan fingerprint density at radius 3 is 3.17 bits per heavy atom. The standard InChI is InChI=1S/C9H11N3/c1-7-2-3-12-6-11-8(5-10)9(12)4-7/h2-4,6H,5,10H2,1H3. The zero-order valence-corrected chi connectivity index (χ0v) is 6.99. The van der Waals surface area contributed by atoms with Crippen LogP contribution < -0.4 is 5.73 Å². The summed E-state index contributed by atoms with van der Waals surface area (Å²) < 4.78 is 1.98. The van der Waals surface area contributed by atoms with Gasteiger partial charge >= 0.3 is 0 Å². The van der Waals surface area contributed by atoms with E-state index in [2.05, 4.69) is 24.0 Å². The maximum Gasteiger partial charge on any atom is 0.0996 e. The monoisotopic (exact) mass is 161 g/mol. The SMILES string of the molecule is Cc1ccn2cnc(CN)c2c1. The largest absolute Gasteiger partial charge is 0.325 e. The van der Waals surface area contributed by atoms with Gasteiger partial charge in [0.05, 0.1) is 17.5 Å². The van der Waals surface area contributed by atoms with Crippen molar-refractivity contribution in [3.8, 4) is 0 Å². The van der Waals surface area contributed by atoms with Gasteiger partial charge < -0.3 is 10.1 Å². The highest BCUT2D eigenvalue weighted by Gasteiger charge is 2.00. The second kappa shape index (κ2) is 2.60. The molecule has 2 aromatic rings. The van der Waals surface area contributed by atoms with Crippen LogP contribution in [0.2, 0.25) is 0 Å². The molecule has 3 nitrogen and oxygen atoms in total. The minimum Gasteiger partial charge on any atom is -0.325 e. The quantitative estimate of drug-likeness (QED) is 0.680. The summed E-state index contributed by atoms with van der Waals surface area (Å²) in [7, 11) is 0. The number of fused-ring (bicyclic) bond motifs is 1. The maximum absolute atomic E-state index is 5.53. The highest BCUT2D eigenvalue weighted by molar-refractivity contribution is 5.53. The van der Waals surface area contributed by atoms with E-state index >= 15 is 0 Å². The van der Waals surface area contributed by atoms with E-state index in [1.165, 1.54) is 5.56 Å². The molecule has 0 saturated heterocycles. The molecule has 2 rings (SSSR count). The van der Waals surface area contributed by atoms with Gasteiger partial charge in [-0.15, -0.1) is 0 Å². The summed E-state index contributed by atoms with van der Waals surface area (Å²) in [6.45, 7) is 2.56. The summed E-state index contributed by atoms with van der Waals surface area (Å²) in [5.41, 5.74) is 8.83. The molecule has 0 aliphatic rings. The van der Waals surface area contributed by atoms with Crippen molar-refractivity contribution in [2.45, 2.75) is 13.5 Å². The van der Waals surface area contributed by atoms with Gasteiger partial charge in [-0.05, 0) is 24.6 Å². The van der Waals surface area contributed by atoms with Gasteiger partial charge in [0.15, 0.2) is 0 Å². The lowest BCUT2D eigenvalue weighted by Gasteiger charge is -1.96. The molecule has 0 bridgehead atoms. The van der Waals surface area contributed by atoms with Crippen LogP contribution in [0.3, 0.4) is 0 Å². The molecular weight excluding hydrogens is 150 g/mol. The van der Waals surface area contributed by atoms with Gasteiger partial charge in [0.2, 0.25) is 0 Å². The van der Waals surface area contributed by atoms with Crippen LogP contribution in [0.5, 0.6) is 0 Å². The summed E-state index contributed by atoms with van der Waals surface area (Å²) in [5, 5.41) is 0. The number of rotatable bonds is 1. The van der Waals surface area contributed by atoms with E-state index in [1.807, 2.05) is 10.6 Å². The number of hydrogen-bond acceptors (Lipinski definition) is 2. The molecule has 0 fully saturated rings. The number of imidazole rings is 1. The maximum atomic E-state index is 5.53. The minimum absolute atomic E-state index is 0.500. The molecule has 3 heteroatoms. The predicted molar refractivity (Wildman–Crippen MR) is 47.8 cm³/mol. The summed E-state index contributed by atoms with van der Waals surface area (Å²) in [6.07, 6.45) is 3.79. The van der Waals surface area contributed by atoms with Crippen LogP contribution in [0.4, 0.5) is 0 Å². The van der Waals surface area contributed by atoms with Crippen LogP contribution in [0.1, 0.15) is 11.3 Å². The number of nitrogens with two attached hydrogens (primary N) is 1. The molecule has 0 aliphatic carbocycles. The van der Waals surface area contributed by atoms with Crippen molar-refractivity contribution in [3.63, 3.8) is 0 Å². The zero-order chi connectivity index (χ0) is 8.55. The lowest BCUT2D eigenvalue weighted by atomic mass is 10.2. The van der Waals surface area contributed by atoms with Crippen LogP contribution in [-0.2, 0) is 6.54 Å². The molecule has 0 spiro atoms. The first-order chi connectivity index (χ1) is 5.81. The smallest absolute Gasteiger partial charge is 0.0996 e. The first-order valence-corrected chi connectivity index (χ1v) is 3.93. The Morgan fingerprint density at radius 2 is 2.42 bits per heavy atom. The fourth-order valence-electron chi connectivity index (χ4n) is 1.30. The fraction of sp³-hybridized carbons (Fsp3) is 0.222. The van der Waals surface area contributed by atoms with Crippen molar-refractivity contribution in [2.75, 3.05) is 0 Å². The van der Waals surface area contributed by atoms with Gasteiger partial charge in [0.25, 0.3) is 0 Å². The summed E-state index contributed by atoms with van der Waals surface area (Å²) >= 11 is 0.